The van der Waals surface area contributed by atoms with Crippen molar-refractivity contribution in [3.05, 3.63) is 42.1 Å². The zero-order valence-corrected chi connectivity index (χ0v) is 15.9. The van der Waals surface area contributed by atoms with E-state index >= 15 is 0 Å². The molecule has 4 aromatic rings. The first kappa shape index (κ1) is 16.9. The summed E-state index contributed by atoms with van der Waals surface area (Å²) in [5, 5.41) is 8.73. The van der Waals surface area contributed by atoms with Gasteiger partial charge in [-0.2, -0.15) is 18.6 Å². The fourth-order valence-electron chi connectivity index (χ4n) is 3.62. The highest BCUT2D eigenvalue weighted by Crippen LogP contribution is 2.35. The predicted molar refractivity (Wildman–Crippen MR) is 99.7 cm³/mol. The number of anilines is 1. The van der Waals surface area contributed by atoms with E-state index in [-0.39, 0.29) is 17.1 Å². The zero-order chi connectivity index (χ0) is 19.6. The first-order valence-electron chi connectivity index (χ1n) is 8.58. The van der Waals surface area contributed by atoms with Gasteiger partial charge in [-0.05, 0) is 24.6 Å². The second-order valence-electron chi connectivity index (χ2n) is 6.70. The summed E-state index contributed by atoms with van der Waals surface area (Å²) < 4.78 is 45.5. The van der Waals surface area contributed by atoms with Gasteiger partial charge in [-0.25, -0.2) is 18.4 Å². The number of benzene rings is 1. The van der Waals surface area contributed by atoms with E-state index in [0.29, 0.717) is 34.7 Å². The Hall–Kier alpha value is -3.21. The van der Waals surface area contributed by atoms with Crippen molar-refractivity contribution in [3.8, 4) is 11.4 Å². The summed E-state index contributed by atoms with van der Waals surface area (Å²) in [4.78, 5) is 6.99. The molecular formula is C17H16FN7O2S. The van der Waals surface area contributed by atoms with Gasteiger partial charge in [0.2, 0.25) is 0 Å². The summed E-state index contributed by atoms with van der Waals surface area (Å²) in [6.07, 6.45) is 3.09. The minimum atomic E-state index is -3.90. The molecule has 144 valence electrons. The van der Waals surface area contributed by atoms with Crippen LogP contribution in [0.1, 0.15) is 5.56 Å². The Morgan fingerprint density at radius 1 is 1.25 bits per heavy atom. The van der Waals surface area contributed by atoms with Crippen LogP contribution in [-0.2, 0) is 23.6 Å². The van der Waals surface area contributed by atoms with Crippen LogP contribution in [0.25, 0.3) is 22.3 Å². The molecule has 0 unspecified atom stereocenters. The van der Waals surface area contributed by atoms with Crippen molar-refractivity contribution in [1.29, 1.82) is 0 Å². The highest BCUT2D eigenvalue weighted by atomic mass is 32.2. The Morgan fingerprint density at radius 3 is 2.82 bits per heavy atom. The third-order valence-electron chi connectivity index (χ3n) is 4.89. The van der Waals surface area contributed by atoms with Crippen LogP contribution >= 0.6 is 0 Å². The molecule has 5 rings (SSSR count). The zero-order valence-electron chi connectivity index (χ0n) is 15.1. The predicted octanol–water partition coefficient (Wildman–Crippen LogP) is 1.82. The number of rotatable bonds is 3. The topological polar surface area (TPSA) is 102 Å². The maximum absolute atomic E-state index is 14.6. The quantitative estimate of drug-likeness (QED) is 0.564. The van der Waals surface area contributed by atoms with Gasteiger partial charge in [0.15, 0.2) is 10.9 Å². The van der Waals surface area contributed by atoms with Crippen molar-refractivity contribution < 1.29 is 12.8 Å². The van der Waals surface area contributed by atoms with E-state index in [0.717, 1.165) is 0 Å². The highest BCUT2D eigenvalue weighted by molar-refractivity contribution is 7.92. The molecule has 9 nitrogen and oxygen atoms in total. The molecule has 0 fully saturated rings. The van der Waals surface area contributed by atoms with Crippen LogP contribution in [0, 0.1) is 12.7 Å². The van der Waals surface area contributed by atoms with E-state index in [9.17, 15) is 12.8 Å². The monoisotopic (exact) mass is 401 g/mol. The van der Waals surface area contributed by atoms with Gasteiger partial charge < -0.3 is 4.98 Å². The smallest absolute Gasteiger partial charge is 0.281 e. The van der Waals surface area contributed by atoms with Crippen molar-refractivity contribution in [3.63, 3.8) is 0 Å². The third-order valence-corrected chi connectivity index (χ3v) is 6.62. The van der Waals surface area contributed by atoms with Crippen molar-refractivity contribution in [2.45, 2.75) is 18.5 Å². The summed E-state index contributed by atoms with van der Waals surface area (Å²) >= 11 is 0. The van der Waals surface area contributed by atoms with Gasteiger partial charge in [-0.3, -0.25) is 4.68 Å². The third kappa shape index (κ3) is 2.29. The second-order valence-corrected chi connectivity index (χ2v) is 8.53. The Kier molecular flexibility index (Phi) is 3.41. The van der Waals surface area contributed by atoms with Crippen LogP contribution in [0.2, 0.25) is 0 Å². The number of fused-ring (bicyclic) bond motifs is 2. The molecule has 1 N–H and O–H groups in total. The fourth-order valence-corrected chi connectivity index (χ4v) is 5.08. The molecule has 28 heavy (non-hydrogen) atoms. The summed E-state index contributed by atoms with van der Waals surface area (Å²) in [6, 6.07) is 4.44. The Morgan fingerprint density at radius 2 is 2.07 bits per heavy atom. The van der Waals surface area contributed by atoms with Gasteiger partial charge in [0, 0.05) is 24.1 Å². The van der Waals surface area contributed by atoms with Gasteiger partial charge in [-0.1, -0.05) is 0 Å². The summed E-state index contributed by atoms with van der Waals surface area (Å²) in [5.74, 6) is 0.370. The van der Waals surface area contributed by atoms with E-state index in [1.165, 1.54) is 16.4 Å². The number of H-pyrrole nitrogens is 1. The van der Waals surface area contributed by atoms with Crippen LogP contribution in [-0.4, -0.2) is 44.5 Å². The molecule has 0 bridgehead atoms. The number of sulfonamides is 1. The van der Waals surface area contributed by atoms with Crippen LogP contribution in [0.15, 0.2) is 35.7 Å². The van der Waals surface area contributed by atoms with E-state index < -0.39 is 15.8 Å². The molecule has 0 aliphatic carbocycles. The maximum Gasteiger partial charge on any atom is 0.281 e. The minimum Gasteiger partial charge on any atom is -0.342 e. The number of halogens is 1. The van der Waals surface area contributed by atoms with Crippen LogP contribution < -0.4 is 4.31 Å². The first-order chi connectivity index (χ1) is 13.4. The van der Waals surface area contributed by atoms with Crippen molar-refractivity contribution in [2.24, 2.45) is 7.05 Å². The first-order valence-corrected chi connectivity index (χ1v) is 10.0. The van der Waals surface area contributed by atoms with Crippen LogP contribution in [0.5, 0.6) is 0 Å². The van der Waals surface area contributed by atoms with Gasteiger partial charge >= 0.3 is 0 Å². The molecule has 1 aliphatic rings. The fraction of sp³-hybridized carbons (Fsp3) is 0.235. The summed E-state index contributed by atoms with van der Waals surface area (Å²) in [6.45, 7) is 2.49. The molecule has 0 saturated carbocycles. The molecule has 1 aromatic carbocycles. The number of nitrogens with one attached hydrogen (secondary N) is 1. The van der Waals surface area contributed by atoms with E-state index in [1.54, 1.807) is 41.9 Å². The lowest BCUT2D eigenvalue weighted by Gasteiger charge is -2.15. The second kappa shape index (κ2) is 5.64. The standard InChI is InChI=1S/C17H16FN7O2S/c1-10-7-12(18)16-11(15(10)17-19-9-23(2)22-17)8-13(21-16)28(26,27)25-6-5-24-14(25)3-4-20-24/h3-4,7-9,21H,5-6H2,1-2H3. The lowest BCUT2D eigenvalue weighted by molar-refractivity contribution is 0.588. The van der Waals surface area contributed by atoms with Crippen molar-refractivity contribution in [1.82, 2.24) is 29.5 Å². The SMILES string of the molecule is Cc1cc(F)c2[nH]c(S(=O)(=O)N3CCn4nccc43)cc2c1-c1ncn(C)n1. The van der Waals surface area contributed by atoms with Crippen LogP contribution in [0.4, 0.5) is 10.2 Å². The van der Waals surface area contributed by atoms with Gasteiger partial charge in [0.05, 0.1) is 24.8 Å². The van der Waals surface area contributed by atoms with Crippen LogP contribution in [0.3, 0.4) is 0 Å². The number of aromatic amines is 1. The molecule has 0 radical (unpaired) electrons. The lowest BCUT2D eigenvalue weighted by Crippen LogP contribution is -2.29. The van der Waals surface area contributed by atoms with Crippen molar-refractivity contribution in [2.75, 3.05) is 10.8 Å². The van der Waals surface area contributed by atoms with Crippen molar-refractivity contribution >= 4 is 26.7 Å². The normalized spacial score (nSPS) is 14.2. The molecule has 0 spiro atoms. The van der Waals surface area contributed by atoms with Gasteiger partial charge in [-0.15, -0.1) is 0 Å². The summed E-state index contributed by atoms with van der Waals surface area (Å²) in [5.41, 5.74) is 1.33. The molecule has 0 saturated heterocycles. The number of nitrogens with zero attached hydrogens (tertiary/aromatic N) is 6. The highest BCUT2D eigenvalue weighted by Gasteiger charge is 2.33. The molecule has 3 aromatic heterocycles. The van der Waals surface area contributed by atoms with Gasteiger partial charge in [0.25, 0.3) is 10.0 Å². The lowest BCUT2D eigenvalue weighted by atomic mass is 10.0. The van der Waals surface area contributed by atoms with E-state index in [4.69, 9.17) is 0 Å². The largest absolute Gasteiger partial charge is 0.342 e. The molecule has 1 aliphatic heterocycles. The number of hydrogen-bond acceptors (Lipinski definition) is 5. The van der Waals surface area contributed by atoms with Gasteiger partial charge in [0.1, 0.15) is 18.0 Å². The van der Waals surface area contributed by atoms with E-state index in [1.807, 2.05) is 0 Å². The molecule has 0 amide bonds. The number of aryl methyl sites for hydroxylation is 2. The Balaban J connectivity index is 1.71. The average molecular weight is 401 g/mol. The van der Waals surface area contributed by atoms with E-state index in [2.05, 4.69) is 20.2 Å². The number of aromatic nitrogens is 6. The molecule has 0 atom stereocenters. The minimum absolute atomic E-state index is 0.0844. The molecular weight excluding hydrogens is 385 g/mol. The average Bonchev–Trinajstić information content (AvgIpc) is 3.37. The molecule has 11 heteroatoms. The Bertz CT molecular complexity index is 1330. The number of hydrogen-bond donors (Lipinski definition) is 1. The maximum atomic E-state index is 14.6. The Labute approximate surface area is 159 Å². The molecule has 4 heterocycles. The summed E-state index contributed by atoms with van der Waals surface area (Å²) in [7, 11) is -2.17.